The summed E-state index contributed by atoms with van der Waals surface area (Å²) < 4.78 is 26.8. The summed E-state index contributed by atoms with van der Waals surface area (Å²) in [4.78, 5) is 2.37. The smallest absolute Gasteiger partial charge is 0.140 e. The van der Waals surface area contributed by atoms with E-state index in [4.69, 9.17) is 18.9 Å². The van der Waals surface area contributed by atoms with Crippen LogP contribution in [0.3, 0.4) is 0 Å². The summed E-state index contributed by atoms with van der Waals surface area (Å²) >= 11 is 0. The summed E-state index contributed by atoms with van der Waals surface area (Å²) in [5.41, 5.74) is 5.77. The molecule has 5 aromatic carbocycles. The molecule has 5 aromatic rings. The highest BCUT2D eigenvalue weighted by molar-refractivity contribution is 5.19. The van der Waals surface area contributed by atoms with Crippen LogP contribution in [0.25, 0.3) is 0 Å². The molecule has 4 atom stereocenters. The molecule has 1 heterocycles. The third kappa shape index (κ3) is 8.98. The predicted octanol–water partition coefficient (Wildman–Crippen LogP) is 7.80. The lowest BCUT2D eigenvalue weighted by Crippen LogP contribution is -2.45. The van der Waals surface area contributed by atoms with E-state index in [0.717, 1.165) is 16.7 Å². The second kappa shape index (κ2) is 16.3. The fraction of sp³-hybridized carbons (Fsp3) is 0.250. The number of hydrogen-bond donors (Lipinski definition) is 0. The Morgan fingerprint density at radius 3 is 1.27 bits per heavy atom. The number of ether oxygens (including phenoxy) is 4. The molecule has 0 radical (unpaired) electrons. The lowest BCUT2D eigenvalue weighted by Gasteiger charge is -2.33. The fourth-order valence-corrected chi connectivity index (χ4v) is 5.79. The Morgan fingerprint density at radius 1 is 0.444 bits per heavy atom. The van der Waals surface area contributed by atoms with E-state index < -0.39 is 0 Å². The van der Waals surface area contributed by atoms with Gasteiger partial charge in [0.1, 0.15) is 24.5 Å². The summed E-state index contributed by atoms with van der Waals surface area (Å²) in [5, 5.41) is 0. The van der Waals surface area contributed by atoms with Gasteiger partial charge in [0.05, 0.1) is 26.4 Å². The summed E-state index contributed by atoms with van der Waals surface area (Å²) in [6.45, 7) is 3.21. The Hall–Kier alpha value is -4.10. The quantitative estimate of drug-likeness (QED) is 0.123. The monoisotopic (exact) mass is 599 g/mol. The van der Waals surface area contributed by atoms with E-state index >= 15 is 0 Å². The molecule has 0 unspecified atom stereocenters. The molecule has 6 rings (SSSR count). The van der Waals surface area contributed by atoms with Crippen LogP contribution < -0.4 is 0 Å². The fourth-order valence-electron chi connectivity index (χ4n) is 5.79. The van der Waals surface area contributed by atoms with Gasteiger partial charge in [0.15, 0.2) is 0 Å². The topological polar surface area (TPSA) is 40.2 Å². The van der Waals surface area contributed by atoms with Gasteiger partial charge in [0.25, 0.3) is 0 Å². The van der Waals surface area contributed by atoms with Crippen molar-refractivity contribution in [3.63, 3.8) is 0 Å². The minimum Gasteiger partial charge on any atom is -0.374 e. The molecule has 45 heavy (non-hydrogen) atoms. The molecular weight excluding hydrogens is 558 g/mol. The normalized spacial score (nSPS) is 19.6. The van der Waals surface area contributed by atoms with Gasteiger partial charge in [-0.1, -0.05) is 152 Å². The highest BCUT2D eigenvalue weighted by Gasteiger charge is 2.49. The van der Waals surface area contributed by atoms with Crippen LogP contribution in [0.4, 0.5) is 0 Å². The van der Waals surface area contributed by atoms with Crippen molar-refractivity contribution in [3.05, 3.63) is 179 Å². The second-order valence-corrected chi connectivity index (χ2v) is 11.5. The van der Waals surface area contributed by atoms with Crippen LogP contribution >= 0.6 is 0 Å². The first-order valence-corrected chi connectivity index (χ1v) is 15.7. The highest BCUT2D eigenvalue weighted by Crippen LogP contribution is 2.33. The van der Waals surface area contributed by atoms with Crippen molar-refractivity contribution >= 4 is 0 Å². The van der Waals surface area contributed by atoms with Crippen molar-refractivity contribution in [2.75, 3.05) is 6.61 Å². The van der Waals surface area contributed by atoms with E-state index in [9.17, 15) is 0 Å². The molecule has 5 heteroatoms. The Kier molecular flexibility index (Phi) is 11.2. The lowest BCUT2D eigenvalue weighted by atomic mass is 10.1. The van der Waals surface area contributed by atoms with Crippen LogP contribution in [-0.2, 0) is 51.9 Å². The Labute approximate surface area is 267 Å². The first-order chi connectivity index (χ1) is 22.3. The molecule has 1 saturated heterocycles. The third-order valence-electron chi connectivity index (χ3n) is 8.07. The van der Waals surface area contributed by atoms with Crippen LogP contribution in [-0.4, -0.2) is 36.0 Å². The van der Waals surface area contributed by atoms with E-state index in [0.29, 0.717) is 39.5 Å². The zero-order valence-electron chi connectivity index (χ0n) is 25.6. The molecule has 0 aliphatic carbocycles. The molecule has 0 bridgehead atoms. The van der Waals surface area contributed by atoms with Crippen molar-refractivity contribution in [2.24, 2.45) is 0 Å². The molecule has 0 N–H and O–H groups in total. The van der Waals surface area contributed by atoms with Crippen molar-refractivity contribution < 1.29 is 18.9 Å². The molecular formula is C40H41NO4. The molecule has 0 aromatic heterocycles. The predicted molar refractivity (Wildman–Crippen MR) is 177 cm³/mol. The van der Waals surface area contributed by atoms with Crippen LogP contribution in [0.15, 0.2) is 152 Å². The molecule has 230 valence electrons. The van der Waals surface area contributed by atoms with Crippen molar-refractivity contribution in [1.29, 1.82) is 0 Å². The average molecular weight is 600 g/mol. The SMILES string of the molecule is c1ccc(COC[C@H]2O[C@@H](N(Cc3ccccc3)Cc3ccccc3)[C@@H](OCc3ccccc3)[C@@H]2OCc2ccccc2)cc1. The third-order valence-corrected chi connectivity index (χ3v) is 8.07. The molecule has 5 nitrogen and oxygen atoms in total. The van der Waals surface area contributed by atoms with E-state index in [-0.39, 0.29) is 24.5 Å². The zero-order chi connectivity index (χ0) is 30.5. The van der Waals surface area contributed by atoms with E-state index in [2.05, 4.69) is 102 Å². The molecule has 1 aliphatic rings. The number of rotatable bonds is 15. The average Bonchev–Trinajstić information content (AvgIpc) is 3.45. The highest BCUT2D eigenvalue weighted by atomic mass is 16.6. The van der Waals surface area contributed by atoms with Crippen LogP contribution in [0, 0.1) is 0 Å². The molecule has 0 amide bonds. The number of hydrogen-bond acceptors (Lipinski definition) is 5. The van der Waals surface area contributed by atoms with E-state index in [1.807, 2.05) is 54.6 Å². The van der Waals surface area contributed by atoms with Crippen LogP contribution in [0.5, 0.6) is 0 Å². The van der Waals surface area contributed by atoms with Crippen LogP contribution in [0.2, 0.25) is 0 Å². The minimum atomic E-state index is -0.361. The van der Waals surface area contributed by atoms with Crippen molar-refractivity contribution in [3.8, 4) is 0 Å². The van der Waals surface area contributed by atoms with Gasteiger partial charge in [-0.3, -0.25) is 4.90 Å². The molecule has 1 aliphatic heterocycles. The van der Waals surface area contributed by atoms with Gasteiger partial charge in [0.2, 0.25) is 0 Å². The molecule has 0 spiro atoms. The largest absolute Gasteiger partial charge is 0.374 e. The Balaban J connectivity index is 1.30. The summed E-state index contributed by atoms with van der Waals surface area (Å²) in [6, 6.07) is 51.9. The van der Waals surface area contributed by atoms with Crippen molar-refractivity contribution in [2.45, 2.75) is 57.4 Å². The summed E-state index contributed by atoms with van der Waals surface area (Å²) in [6.07, 6.45) is -1.38. The van der Waals surface area contributed by atoms with Gasteiger partial charge in [-0.2, -0.15) is 0 Å². The maximum Gasteiger partial charge on any atom is 0.140 e. The van der Waals surface area contributed by atoms with E-state index in [1.54, 1.807) is 0 Å². The van der Waals surface area contributed by atoms with Gasteiger partial charge in [-0.25, -0.2) is 0 Å². The van der Waals surface area contributed by atoms with Gasteiger partial charge in [-0.15, -0.1) is 0 Å². The first kappa shape index (κ1) is 30.9. The minimum absolute atomic E-state index is 0.322. The second-order valence-electron chi connectivity index (χ2n) is 11.5. The maximum absolute atomic E-state index is 6.96. The Bertz CT molecular complexity index is 1480. The van der Waals surface area contributed by atoms with E-state index in [1.165, 1.54) is 11.1 Å². The summed E-state index contributed by atoms with van der Waals surface area (Å²) in [7, 11) is 0. The lowest BCUT2D eigenvalue weighted by molar-refractivity contribution is -0.127. The maximum atomic E-state index is 6.96. The van der Waals surface area contributed by atoms with Gasteiger partial charge in [0, 0.05) is 13.1 Å². The van der Waals surface area contributed by atoms with Crippen molar-refractivity contribution in [1.82, 2.24) is 4.90 Å². The number of benzene rings is 5. The van der Waals surface area contributed by atoms with Gasteiger partial charge >= 0.3 is 0 Å². The first-order valence-electron chi connectivity index (χ1n) is 15.7. The van der Waals surface area contributed by atoms with Gasteiger partial charge < -0.3 is 18.9 Å². The molecule has 1 fully saturated rings. The Morgan fingerprint density at radius 2 is 0.822 bits per heavy atom. The molecule has 0 saturated carbocycles. The van der Waals surface area contributed by atoms with Crippen LogP contribution in [0.1, 0.15) is 27.8 Å². The van der Waals surface area contributed by atoms with Gasteiger partial charge in [-0.05, 0) is 27.8 Å². The summed E-state index contributed by atoms with van der Waals surface area (Å²) in [5.74, 6) is 0. The zero-order valence-corrected chi connectivity index (χ0v) is 25.6. The number of nitrogens with zero attached hydrogens (tertiary/aromatic N) is 1. The standard InChI is InChI=1S/C40H41NO4/c1-6-16-32(17-7-1)26-41(27-33-18-8-2-9-19-33)40-39(44-30-36-24-14-5-15-25-36)38(43-29-35-22-12-4-13-23-35)37(45-40)31-42-28-34-20-10-3-11-21-34/h1-25,37-40H,26-31H2/t37-,38-,39+,40-/m1/s1.